The van der Waals surface area contributed by atoms with E-state index < -0.39 is 6.04 Å². The van der Waals surface area contributed by atoms with E-state index in [4.69, 9.17) is 17.3 Å². The van der Waals surface area contributed by atoms with E-state index in [1.54, 1.807) is 12.3 Å². The molecule has 0 radical (unpaired) electrons. The van der Waals surface area contributed by atoms with E-state index in [0.717, 1.165) is 11.3 Å². The van der Waals surface area contributed by atoms with Gasteiger partial charge in [0.25, 0.3) is 0 Å². The number of aromatic nitrogens is 1. The first-order chi connectivity index (χ1) is 8.08. The molecule has 17 heavy (non-hydrogen) atoms. The second-order valence-corrected chi connectivity index (χ2v) is 4.28. The molecule has 0 saturated heterocycles. The number of rotatable bonds is 2. The lowest BCUT2D eigenvalue weighted by molar-refractivity contribution is 0.623. The molecule has 0 spiro atoms. The number of halogens is 2. The van der Waals surface area contributed by atoms with Crippen LogP contribution >= 0.6 is 11.6 Å². The third-order valence-electron chi connectivity index (χ3n) is 2.57. The third-order valence-corrected chi connectivity index (χ3v) is 2.92. The Morgan fingerprint density at radius 2 is 2.06 bits per heavy atom. The first-order valence-corrected chi connectivity index (χ1v) is 5.59. The van der Waals surface area contributed by atoms with Gasteiger partial charge in [-0.1, -0.05) is 11.6 Å². The van der Waals surface area contributed by atoms with E-state index >= 15 is 0 Å². The fraction of sp³-hybridized carbons (Fsp3) is 0.154. The SMILES string of the molecule is Cc1cc(C(N)c2cc(F)ccc2Cl)ccn1. The molecule has 88 valence electrons. The molecule has 0 aliphatic carbocycles. The van der Waals surface area contributed by atoms with Crippen LogP contribution in [0.4, 0.5) is 4.39 Å². The largest absolute Gasteiger partial charge is 0.320 e. The van der Waals surface area contributed by atoms with Crippen LogP contribution in [-0.2, 0) is 0 Å². The molecule has 0 amide bonds. The maximum absolute atomic E-state index is 13.2. The van der Waals surface area contributed by atoms with Crippen molar-refractivity contribution in [3.8, 4) is 0 Å². The number of pyridine rings is 1. The molecule has 0 saturated carbocycles. The molecule has 0 fully saturated rings. The molecule has 1 unspecified atom stereocenters. The minimum Gasteiger partial charge on any atom is -0.320 e. The standard InChI is InChI=1S/C13H12ClFN2/c1-8-6-9(4-5-17-8)13(16)11-7-10(15)2-3-12(11)14/h2-7,13H,16H2,1H3. The average molecular weight is 251 g/mol. The Labute approximate surface area is 104 Å². The van der Waals surface area contributed by atoms with Crippen LogP contribution in [0.1, 0.15) is 22.9 Å². The summed E-state index contributed by atoms with van der Waals surface area (Å²) in [4.78, 5) is 4.09. The number of nitrogens with two attached hydrogens (primary N) is 1. The molecule has 1 heterocycles. The zero-order valence-electron chi connectivity index (χ0n) is 9.32. The van der Waals surface area contributed by atoms with Crippen LogP contribution in [0, 0.1) is 12.7 Å². The maximum Gasteiger partial charge on any atom is 0.123 e. The first kappa shape index (κ1) is 12.0. The number of benzene rings is 1. The molecule has 2 nitrogen and oxygen atoms in total. The summed E-state index contributed by atoms with van der Waals surface area (Å²) < 4.78 is 13.2. The summed E-state index contributed by atoms with van der Waals surface area (Å²) in [5.41, 5.74) is 8.39. The Hall–Kier alpha value is -1.45. The molecular formula is C13H12ClFN2. The average Bonchev–Trinajstić information content (AvgIpc) is 2.31. The summed E-state index contributed by atoms with van der Waals surface area (Å²) in [7, 11) is 0. The number of hydrogen-bond acceptors (Lipinski definition) is 2. The normalized spacial score (nSPS) is 12.5. The Kier molecular flexibility index (Phi) is 3.41. The van der Waals surface area contributed by atoms with Crippen LogP contribution in [0.3, 0.4) is 0 Å². The summed E-state index contributed by atoms with van der Waals surface area (Å²) in [5, 5.41) is 0.466. The van der Waals surface area contributed by atoms with Crippen LogP contribution in [-0.4, -0.2) is 4.98 Å². The molecule has 1 aromatic heterocycles. The Balaban J connectivity index is 2.43. The molecule has 2 rings (SSSR count). The van der Waals surface area contributed by atoms with Crippen LogP contribution in [0.25, 0.3) is 0 Å². The monoisotopic (exact) mass is 250 g/mol. The van der Waals surface area contributed by atoms with Gasteiger partial charge in [0.15, 0.2) is 0 Å². The van der Waals surface area contributed by atoms with Crippen molar-refractivity contribution in [3.63, 3.8) is 0 Å². The molecule has 0 aliphatic heterocycles. The van der Waals surface area contributed by atoms with Crippen molar-refractivity contribution < 1.29 is 4.39 Å². The second kappa shape index (κ2) is 4.82. The lowest BCUT2D eigenvalue weighted by Gasteiger charge is -2.14. The summed E-state index contributed by atoms with van der Waals surface area (Å²) in [5.74, 6) is -0.342. The molecule has 1 aromatic carbocycles. The van der Waals surface area contributed by atoms with Gasteiger partial charge in [-0.25, -0.2) is 4.39 Å². The highest BCUT2D eigenvalue weighted by atomic mass is 35.5. The lowest BCUT2D eigenvalue weighted by atomic mass is 10.00. The van der Waals surface area contributed by atoms with E-state index in [9.17, 15) is 4.39 Å². The highest BCUT2D eigenvalue weighted by Crippen LogP contribution is 2.27. The minimum absolute atomic E-state index is 0.342. The van der Waals surface area contributed by atoms with Crippen molar-refractivity contribution in [3.05, 3.63) is 64.2 Å². The zero-order valence-corrected chi connectivity index (χ0v) is 10.1. The van der Waals surface area contributed by atoms with E-state index in [0.29, 0.717) is 10.6 Å². The van der Waals surface area contributed by atoms with Gasteiger partial charge < -0.3 is 5.73 Å². The second-order valence-electron chi connectivity index (χ2n) is 3.87. The van der Waals surface area contributed by atoms with E-state index in [-0.39, 0.29) is 5.82 Å². The van der Waals surface area contributed by atoms with Gasteiger partial charge in [-0.3, -0.25) is 4.98 Å². The van der Waals surface area contributed by atoms with Gasteiger partial charge >= 0.3 is 0 Å². The zero-order chi connectivity index (χ0) is 12.4. The van der Waals surface area contributed by atoms with Gasteiger partial charge in [0.1, 0.15) is 5.82 Å². The molecular weight excluding hydrogens is 239 g/mol. The molecule has 0 bridgehead atoms. The number of nitrogens with zero attached hydrogens (tertiary/aromatic N) is 1. The molecule has 2 aromatic rings. The van der Waals surface area contributed by atoms with Gasteiger partial charge in [0.05, 0.1) is 6.04 Å². The molecule has 2 N–H and O–H groups in total. The van der Waals surface area contributed by atoms with Crippen LogP contribution in [0.2, 0.25) is 5.02 Å². The lowest BCUT2D eigenvalue weighted by Crippen LogP contribution is -2.13. The molecule has 0 aliphatic rings. The smallest absolute Gasteiger partial charge is 0.123 e. The fourth-order valence-electron chi connectivity index (χ4n) is 1.69. The van der Waals surface area contributed by atoms with Gasteiger partial charge in [0.2, 0.25) is 0 Å². The van der Waals surface area contributed by atoms with Gasteiger partial charge in [-0.2, -0.15) is 0 Å². The number of aryl methyl sites for hydroxylation is 1. The Bertz CT molecular complexity index is 543. The van der Waals surface area contributed by atoms with Gasteiger partial charge in [-0.05, 0) is 48.4 Å². The van der Waals surface area contributed by atoms with Gasteiger partial charge in [0, 0.05) is 16.9 Å². The Morgan fingerprint density at radius 3 is 2.76 bits per heavy atom. The van der Waals surface area contributed by atoms with E-state index in [2.05, 4.69) is 4.98 Å². The van der Waals surface area contributed by atoms with Crippen molar-refractivity contribution >= 4 is 11.6 Å². The van der Waals surface area contributed by atoms with Crippen molar-refractivity contribution in [2.45, 2.75) is 13.0 Å². The quantitative estimate of drug-likeness (QED) is 0.889. The maximum atomic E-state index is 13.2. The van der Waals surface area contributed by atoms with Gasteiger partial charge in [-0.15, -0.1) is 0 Å². The van der Waals surface area contributed by atoms with Crippen LogP contribution < -0.4 is 5.73 Å². The number of hydrogen-bond donors (Lipinski definition) is 1. The van der Waals surface area contributed by atoms with Crippen molar-refractivity contribution in [1.29, 1.82) is 0 Å². The Morgan fingerprint density at radius 1 is 1.29 bits per heavy atom. The van der Waals surface area contributed by atoms with E-state index in [1.807, 2.05) is 13.0 Å². The van der Waals surface area contributed by atoms with Crippen molar-refractivity contribution in [2.24, 2.45) is 5.73 Å². The summed E-state index contributed by atoms with van der Waals surface area (Å²) in [6.45, 7) is 1.88. The highest BCUT2D eigenvalue weighted by molar-refractivity contribution is 6.31. The van der Waals surface area contributed by atoms with Crippen LogP contribution in [0.5, 0.6) is 0 Å². The summed E-state index contributed by atoms with van der Waals surface area (Å²) in [6.07, 6.45) is 1.68. The minimum atomic E-state index is -0.445. The van der Waals surface area contributed by atoms with Crippen LogP contribution in [0.15, 0.2) is 36.5 Å². The predicted molar refractivity (Wildman–Crippen MR) is 66.4 cm³/mol. The molecule has 4 heteroatoms. The highest BCUT2D eigenvalue weighted by Gasteiger charge is 2.13. The van der Waals surface area contributed by atoms with E-state index in [1.165, 1.54) is 18.2 Å². The third kappa shape index (κ3) is 2.62. The predicted octanol–water partition coefficient (Wildman–Crippen LogP) is 3.23. The topological polar surface area (TPSA) is 38.9 Å². The fourth-order valence-corrected chi connectivity index (χ4v) is 1.93. The summed E-state index contributed by atoms with van der Waals surface area (Å²) in [6, 6.07) is 7.42. The van der Waals surface area contributed by atoms with Crippen molar-refractivity contribution in [1.82, 2.24) is 4.98 Å². The molecule has 1 atom stereocenters. The van der Waals surface area contributed by atoms with Crippen molar-refractivity contribution in [2.75, 3.05) is 0 Å². The first-order valence-electron chi connectivity index (χ1n) is 5.21. The summed E-state index contributed by atoms with van der Waals surface area (Å²) >= 11 is 6.02.